The van der Waals surface area contributed by atoms with Crippen LogP contribution >= 0.6 is 0 Å². The summed E-state index contributed by atoms with van der Waals surface area (Å²) >= 11 is 0. The SMILES string of the molecule is C[C@H](NC(=O)OCc1ccccc1)C(=O)Nc1ccc(N2CCCCC2)c2ccncc12. The van der Waals surface area contributed by atoms with Crippen molar-refractivity contribution in [3.63, 3.8) is 0 Å². The van der Waals surface area contributed by atoms with Crippen LogP contribution in [-0.4, -0.2) is 36.1 Å². The molecule has 1 aliphatic heterocycles. The molecule has 3 aromatic rings. The van der Waals surface area contributed by atoms with E-state index in [1.807, 2.05) is 42.5 Å². The lowest BCUT2D eigenvalue weighted by molar-refractivity contribution is -0.117. The highest BCUT2D eigenvalue weighted by molar-refractivity contribution is 6.07. The number of hydrogen-bond donors (Lipinski definition) is 2. The Labute approximate surface area is 187 Å². The normalized spacial score (nSPS) is 14.6. The van der Waals surface area contributed by atoms with Gasteiger partial charge < -0.3 is 20.3 Å². The Balaban J connectivity index is 1.41. The van der Waals surface area contributed by atoms with Crippen molar-refractivity contribution in [3.05, 3.63) is 66.5 Å². The number of benzene rings is 2. The summed E-state index contributed by atoms with van der Waals surface area (Å²) in [7, 11) is 0. The van der Waals surface area contributed by atoms with Crippen LogP contribution in [0.2, 0.25) is 0 Å². The van der Waals surface area contributed by atoms with Crippen LogP contribution in [0.5, 0.6) is 0 Å². The van der Waals surface area contributed by atoms with Crippen molar-refractivity contribution < 1.29 is 14.3 Å². The highest BCUT2D eigenvalue weighted by Crippen LogP contribution is 2.33. The molecule has 0 bridgehead atoms. The first-order valence-electron chi connectivity index (χ1n) is 11.0. The molecule has 1 saturated heterocycles. The van der Waals surface area contributed by atoms with E-state index in [1.165, 1.54) is 19.3 Å². The molecular weight excluding hydrogens is 404 g/mol. The lowest BCUT2D eigenvalue weighted by Gasteiger charge is -2.30. The van der Waals surface area contributed by atoms with Gasteiger partial charge in [-0.25, -0.2) is 4.79 Å². The molecule has 2 N–H and O–H groups in total. The molecule has 1 aromatic heterocycles. The van der Waals surface area contributed by atoms with Gasteiger partial charge in [0, 0.05) is 41.9 Å². The summed E-state index contributed by atoms with van der Waals surface area (Å²) in [5.74, 6) is -0.322. The van der Waals surface area contributed by atoms with Crippen molar-refractivity contribution in [3.8, 4) is 0 Å². The molecule has 0 radical (unpaired) electrons. The third kappa shape index (κ3) is 5.17. The number of carbonyl (C=O) groups excluding carboxylic acids is 2. The van der Waals surface area contributed by atoms with Crippen LogP contribution in [0.3, 0.4) is 0 Å². The monoisotopic (exact) mass is 432 g/mol. The average Bonchev–Trinajstić information content (AvgIpc) is 2.84. The van der Waals surface area contributed by atoms with Crippen LogP contribution in [0, 0.1) is 0 Å². The molecule has 166 valence electrons. The first-order chi connectivity index (χ1) is 15.6. The molecule has 2 amide bonds. The largest absolute Gasteiger partial charge is 0.445 e. The number of amides is 2. The van der Waals surface area contributed by atoms with Crippen LogP contribution in [0.15, 0.2) is 60.9 Å². The molecule has 1 fully saturated rings. The first kappa shape index (κ1) is 21.6. The number of pyridine rings is 1. The quantitative estimate of drug-likeness (QED) is 0.600. The number of piperidine rings is 1. The summed E-state index contributed by atoms with van der Waals surface area (Å²) in [6, 6.07) is 14.6. The van der Waals surface area contributed by atoms with Gasteiger partial charge in [-0.1, -0.05) is 30.3 Å². The third-order valence-electron chi connectivity index (χ3n) is 5.69. The van der Waals surface area contributed by atoms with Crippen LogP contribution in [-0.2, 0) is 16.1 Å². The molecule has 4 rings (SSSR count). The number of ether oxygens (including phenoxy) is 1. The standard InChI is InChI=1S/C25H28N4O3/c1-18(27-25(31)32-17-19-8-4-2-5-9-19)24(30)28-22-10-11-23(29-14-6-3-7-15-29)20-12-13-26-16-21(20)22/h2,4-5,8-13,16,18H,3,6-7,14-15,17H2,1H3,(H,27,31)(H,28,30)/t18-/m0/s1. The van der Waals surface area contributed by atoms with E-state index in [9.17, 15) is 9.59 Å². The van der Waals surface area contributed by atoms with E-state index in [2.05, 4.69) is 26.6 Å². The minimum absolute atomic E-state index is 0.148. The van der Waals surface area contributed by atoms with Gasteiger partial charge in [-0.15, -0.1) is 0 Å². The van der Waals surface area contributed by atoms with Crippen molar-refractivity contribution in [1.82, 2.24) is 10.3 Å². The zero-order valence-electron chi connectivity index (χ0n) is 18.2. The maximum absolute atomic E-state index is 12.7. The Morgan fingerprint density at radius 2 is 1.81 bits per heavy atom. The fourth-order valence-electron chi connectivity index (χ4n) is 3.94. The van der Waals surface area contributed by atoms with Gasteiger partial charge in [0.05, 0.1) is 5.69 Å². The predicted octanol–water partition coefficient (Wildman–Crippen LogP) is 4.48. The molecule has 7 nitrogen and oxygen atoms in total. The van der Waals surface area contributed by atoms with Crippen molar-refractivity contribution in [2.75, 3.05) is 23.3 Å². The molecule has 0 spiro atoms. The smallest absolute Gasteiger partial charge is 0.408 e. The summed E-state index contributed by atoms with van der Waals surface area (Å²) in [6.07, 6.45) is 6.55. The molecule has 2 aromatic carbocycles. The summed E-state index contributed by atoms with van der Waals surface area (Å²) < 4.78 is 5.21. The minimum Gasteiger partial charge on any atom is -0.445 e. The summed E-state index contributed by atoms with van der Waals surface area (Å²) in [5.41, 5.74) is 2.72. The van der Waals surface area contributed by atoms with Crippen LogP contribution in [0.25, 0.3) is 10.8 Å². The third-order valence-corrected chi connectivity index (χ3v) is 5.69. The maximum atomic E-state index is 12.7. The van der Waals surface area contributed by atoms with E-state index in [4.69, 9.17) is 4.74 Å². The molecule has 2 heterocycles. The van der Waals surface area contributed by atoms with Crippen molar-refractivity contribution in [2.24, 2.45) is 0 Å². The summed E-state index contributed by atoms with van der Waals surface area (Å²) in [6.45, 7) is 3.85. The Morgan fingerprint density at radius 3 is 2.59 bits per heavy atom. The number of fused-ring (bicyclic) bond motifs is 1. The van der Waals surface area contributed by atoms with Crippen LogP contribution in [0.4, 0.5) is 16.2 Å². The maximum Gasteiger partial charge on any atom is 0.408 e. The van der Waals surface area contributed by atoms with E-state index in [1.54, 1.807) is 19.3 Å². The molecule has 32 heavy (non-hydrogen) atoms. The molecule has 7 heteroatoms. The van der Waals surface area contributed by atoms with E-state index >= 15 is 0 Å². The number of hydrogen-bond acceptors (Lipinski definition) is 5. The van der Waals surface area contributed by atoms with Crippen molar-refractivity contribution in [1.29, 1.82) is 0 Å². The first-order valence-corrected chi connectivity index (χ1v) is 11.0. The number of anilines is 2. The predicted molar refractivity (Wildman–Crippen MR) is 126 cm³/mol. The van der Waals surface area contributed by atoms with E-state index in [0.717, 1.165) is 35.1 Å². The Kier molecular flexibility index (Phi) is 6.84. The van der Waals surface area contributed by atoms with E-state index in [0.29, 0.717) is 5.69 Å². The average molecular weight is 433 g/mol. The molecule has 0 saturated carbocycles. The Morgan fingerprint density at radius 1 is 1.03 bits per heavy atom. The fraction of sp³-hybridized carbons (Fsp3) is 0.320. The van der Waals surface area contributed by atoms with E-state index < -0.39 is 12.1 Å². The fourth-order valence-corrected chi connectivity index (χ4v) is 3.94. The number of nitrogens with one attached hydrogen (secondary N) is 2. The van der Waals surface area contributed by atoms with E-state index in [-0.39, 0.29) is 12.5 Å². The lowest BCUT2D eigenvalue weighted by atomic mass is 10.0. The summed E-state index contributed by atoms with van der Waals surface area (Å²) in [4.78, 5) is 31.5. The van der Waals surface area contributed by atoms with Gasteiger partial charge in [0.1, 0.15) is 12.6 Å². The van der Waals surface area contributed by atoms with Gasteiger partial charge >= 0.3 is 6.09 Å². The lowest BCUT2D eigenvalue weighted by Crippen LogP contribution is -2.41. The Hall–Kier alpha value is -3.61. The zero-order valence-corrected chi connectivity index (χ0v) is 18.2. The Bertz CT molecular complexity index is 1080. The van der Waals surface area contributed by atoms with Crippen LogP contribution in [0.1, 0.15) is 31.7 Å². The highest BCUT2D eigenvalue weighted by Gasteiger charge is 2.19. The van der Waals surface area contributed by atoms with Gasteiger partial charge in [0.25, 0.3) is 0 Å². The second-order valence-corrected chi connectivity index (χ2v) is 8.02. The second-order valence-electron chi connectivity index (χ2n) is 8.02. The summed E-state index contributed by atoms with van der Waals surface area (Å²) in [5, 5.41) is 7.45. The molecule has 0 unspecified atom stereocenters. The van der Waals surface area contributed by atoms with Gasteiger partial charge in [-0.2, -0.15) is 0 Å². The topological polar surface area (TPSA) is 83.6 Å². The van der Waals surface area contributed by atoms with Gasteiger partial charge in [0.15, 0.2) is 0 Å². The number of rotatable bonds is 6. The minimum atomic E-state index is -0.758. The second kappa shape index (κ2) is 10.1. The van der Waals surface area contributed by atoms with Crippen molar-refractivity contribution in [2.45, 2.75) is 38.8 Å². The van der Waals surface area contributed by atoms with Crippen molar-refractivity contribution >= 4 is 34.1 Å². The van der Waals surface area contributed by atoms with Gasteiger partial charge in [-0.3, -0.25) is 9.78 Å². The molecule has 0 aliphatic carbocycles. The number of aromatic nitrogens is 1. The molecular formula is C25H28N4O3. The number of carbonyl (C=O) groups is 2. The molecule has 1 aliphatic rings. The zero-order chi connectivity index (χ0) is 22.3. The van der Waals surface area contributed by atoms with Crippen LogP contribution < -0.4 is 15.5 Å². The molecule has 1 atom stereocenters. The van der Waals surface area contributed by atoms with Gasteiger partial charge in [-0.05, 0) is 49.9 Å². The number of nitrogens with zero attached hydrogens (tertiary/aromatic N) is 2. The highest BCUT2D eigenvalue weighted by atomic mass is 16.5. The van der Waals surface area contributed by atoms with Gasteiger partial charge in [0.2, 0.25) is 5.91 Å². The number of alkyl carbamates (subject to hydrolysis) is 1.